The molecule has 4 fully saturated rings. The molecule has 4 aliphatic carbocycles. The van der Waals surface area contributed by atoms with Gasteiger partial charge in [-0.1, -0.05) is 20.3 Å². The monoisotopic (exact) mass is 377 g/mol. The zero-order valence-electron chi connectivity index (χ0n) is 17.6. The Morgan fingerprint density at radius 2 is 1.75 bits per heavy atom. The summed E-state index contributed by atoms with van der Waals surface area (Å²) in [6, 6.07) is 9.85. The van der Waals surface area contributed by atoms with Crippen LogP contribution in [-0.4, -0.2) is 6.10 Å². The highest BCUT2D eigenvalue weighted by Gasteiger charge is 2.57. The number of nitriles is 1. The minimum Gasteiger partial charge on any atom is -0.490 e. The molecule has 0 heterocycles. The summed E-state index contributed by atoms with van der Waals surface area (Å²) in [5, 5.41) is 8.98. The smallest absolute Gasteiger partial charge is 0.119 e. The molecule has 0 N–H and O–H groups in total. The fourth-order valence-corrected chi connectivity index (χ4v) is 8.12. The summed E-state index contributed by atoms with van der Waals surface area (Å²) in [7, 11) is 0. The summed E-state index contributed by atoms with van der Waals surface area (Å²) in [4.78, 5) is 0. The van der Waals surface area contributed by atoms with E-state index in [9.17, 15) is 0 Å². The molecule has 4 aliphatic rings. The van der Waals surface area contributed by atoms with Gasteiger partial charge in [0.15, 0.2) is 0 Å². The molecule has 1 unspecified atom stereocenters. The highest BCUT2D eigenvalue weighted by Crippen LogP contribution is 2.66. The van der Waals surface area contributed by atoms with E-state index in [0.717, 1.165) is 29.4 Å². The molecule has 2 nitrogen and oxygen atoms in total. The van der Waals surface area contributed by atoms with Crippen LogP contribution in [0.15, 0.2) is 24.3 Å². The maximum Gasteiger partial charge on any atom is 0.119 e. The van der Waals surface area contributed by atoms with Crippen LogP contribution in [0, 0.1) is 45.8 Å². The van der Waals surface area contributed by atoms with E-state index in [-0.39, 0.29) is 0 Å². The molecule has 0 saturated heterocycles. The van der Waals surface area contributed by atoms with E-state index in [4.69, 9.17) is 10.00 Å². The van der Waals surface area contributed by atoms with E-state index in [1.165, 1.54) is 64.2 Å². The van der Waals surface area contributed by atoms with E-state index in [1.807, 2.05) is 24.3 Å². The van der Waals surface area contributed by atoms with Crippen molar-refractivity contribution in [1.82, 2.24) is 0 Å². The van der Waals surface area contributed by atoms with E-state index in [1.54, 1.807) is 0 Å². The fraction of sp³-hybridized carbons (Fsp3) is 0.731. The maximum atomic E-state index is 8.98. The largest absolute Gasteiger partial charge is 0.490 e. The molecule has 0 aromatic heterocycles. The zero-order valence-corrected chi connectivity index (χ0v) is 17.6. The lowest BCUT2D eigenvalue weighted by Gasteiger charge is -2.60. The highest BCUT2D eigenvalue weighted by atomic mass is 16.5. The highest BCUT2D eigenvalue weighted by molar-refractivity contribution is 5.34. The zero-order chi connectivity index (χ0) is 19.4. The molecule has 2 heteroatoms. The molecule has 0 spiro atoms. The predicted octanol–water partition coefficient (Wildman–Crippen LogP) is 6.74. The Hall–Kier alpha value is -1.49. The molecule has 1 aromatic rings. The van der Waals surface area contributed by atoms with Gasteiger partial charge in [-0.25, -0.2) is 0 Å². The number of ether oxygens (including phenoxy) is 1. The third-order valence-electron chi connectivity index (χ3n) is 9.69. The maximum absolute atomic E-state index is 8.98. The van der Waals surface area contributed by atoms with Crippen LogP contribution in [-0.2, 0) is 0 Å². The molecule has 0 radical (unpaired) electrons. The van der Waals surface area contributed by atoms with E-state index < -0.39 is 0 Å². The standard InChI is InChI=1S/C26H35NO/c1-25-13-3-4-23(25)22-10-7-19-16-21(11-15-26(19,2)24(22)12-14-25)28-20-8-5-18(17-27)6-9-20/h5-6,8-9,19,21-24H,3-4,7,10-16H2,1-2H3/t19-,21?,22-,23-,24-,25-,26-/m0/s1. The Balaban J connectivity index is 1.29. The Morgan fingerprint density at radius 1 is 0.929 bits per heavy atom. The van der Waals surface area contributed by atoms with Crippen LogP contribution < -0.4 is 4.74 Å². The molecule has 0 amide bonds. The number of nitrogens with zero attached hydrogens (tertiary/aromatic N) is 1. The SMILES string of the molecule is C[C@@]12CCC[C@H]1[C@@H]1CC[C@H]3CC(Oc4ccc(C#N)cc4)CC[C@]3(C)[C@H]1CC2. The quantitative estimate of drug-likeness (QED) is 0.572. The first kappa shape index (κ1) is 18.5. The summed E-state index contributed by atoms with van der Waals surface area (Å²) in [6.07, 6.45) is 14.4. The first-order valence-electron chi connectivity index (χ1n) is 11.7. The van der Waals surface area contributed by atoms with Gasteiger partial charge in [0.1, 0.15) is 5.75 Å². The van der Waals surface area contributed by atoms with Gasteiger partial charge in [-0.2, -0.15) is 5.26 Å². The Bertz CT molecular complexity index is 764. The molecule has 5 rings (SSSR count). The van der Waals surface area contributed by atoms with Gasteiger partial charge >= 0.3 is 0 Å². The molecular formula is C26H35NO. The minimum absolute atomic E-state index is 0.350. The van der Waals surface area contributed by atoms with Gasteiger partial charge in [-0.3, -0.25) is 0 Å². The van der Waals surface area contributed by atoms with Gasteiger partial charge in [0, 0.05) is 0 Å². The molecule has 7 atom stereocenters. The van der Waals surface area contributed by atoms with Crippen LogP contribution in [0.5, 0.6) is 5.75 Å². The van der Waals surface area contributed by atoms with Gasteiger partial charge in [0.05, 0.1) is 17.7 Å². The Labute approximate surface area is 170 Å². The molecular weight excluding hydrogens is 342 g/mol. The summed E-state index contributed by atoms with van der Waals surface area (Å²) in [6.45, 7) is 5.25. The van der Waals surface area contributed by atoms with E-state index >= 15 is 0 Å². The van der Waals surface area contributed by atoms with Crippen molar-refractivity contribution < 1.29 is 4.74 Å². The number of benzene rings is 1. The second-order valence-corrected chi connectivity index (χ2v) is 10.9. The van der Waals surface area contributed by atoms with E-state index in [0.29, 0.717) is 22.5 Å². The van der Waals surface area contributed by atoms with Gasteiger partial charge < -0.3 is 4.74 Å². The normalized spacial score (nSPS) is 44.7. The van der Waals surface area contributed by atoms with Crippen molar-refractivity contribution >= 4 is 0 Å². The van der Waals surface area contributed by atoms with Gasteiger partial charge in [-0.15, -0.1) is 0 Å². The van der Waals surface area contributed by atoms with Crippen molar-refractivity contribution in [3.63, 3.8) is 0 Å². The molecule has 1 aromatic carbocycles. The molecule has 28 heavy (non-hydrogen) atoms. The Morgan fingerprint density at radius 3 is 2.54 bits per heavy atom. The lowest BCUT2D eigenvalue weighted by Crippen LogP contribution is -2.53. The van der Waals surface area contributed by atoms with Crippen LogP contribution >= 0.6 is 0 Å². The summed E-state index contributed by atoms with van der Waals surface area (Å²) in [5.74, 6) is 4.73. The summed E-state index contributed by atoms with van der Waals surface area (Å²) in [5.41, 5.74) is 1.91. The fourth-order valence-electron chi connectivity index (χ4n) is 8.12. The number of hydrogen-bond donors (Lipinski definition) is 0. The third kappa shape index (κ3) is 2.89. The van der Waals surface area contributed by atoms with Crippen molar-refractivity contribution in [2.45, 2.75) is 84.2 Å². The van der Waals surface area contributed by atoms with Crippen LogP contribution in [0.4, 0.5) is 0 Å². The molecule has 150 valence electrons. The van der Waals surface area contributed by atoms with Gasteiger partial charge in [0.25, 0.3) is 0 Å². The van der Waals surface area contributed by atoms with Crippen LogP contribution in [0.25, 0.3) is 0 Å². The lowest BCUT2D eigenvalue weighted by molar-refractivity contribution is -0.118. The number of fused-ring (bicyclic) bond motifs is 5. The molecule has 0 bridgehead atoms. The Kier molecular flexibility index (Phi) is 4.49. The average molecular weight is 378 g/mol. The van der Waals surface area contributed by atoms with Gasteiger partial charge in [-0.05, 0) is 117 Å². The third-order valence-corrected chi connectivity index (χ3v) is 9.69. The van der Waals surface area contributed by atoms with Gasteiger partial charge in [0.2, 0.25) is 0 Å². The molecule has 0 aliphatic heterocycles. The van der Waals surface area contributed by atoms with E-state index in [2.05, 4.69) is 19.9 Å². The summed E-state index contributed by atoms with van der Waals surface area (Å²) >= 11 is 0. The second-order valence-electron chi connectivity index (χ2n) is 10.9. The first-order chi connectivity index (χ1) is 13.5. The van der Waals surface area contributed by atoms with Crippen molar-refractivity contribution in [3.8, 4) is 11.8 Å². The lowest BCUT2D eigenvalue weighted by atomic mass is 9.45. The van der Waals surface area contributed by atoms with Crippen molar-refractivity contribution in [2.75, 3.05) is 0 Å². The van der Waals surface area contributed by atoms with Crippen molar-refractivity contribution in [2.24, 2.45) is 34.5 Å². The topological polar surface area (TPSA) is 33.0 Å². The van der Waals surface area contributed by atoms with Crippen LogP contribution in [0.2, 0.25) is 0 Å². The van der Waals surface area contributed by atoms with Crippen molar-refractivity contribution in [3.05, 3.63) is 29.8 Å². The summed E-state index contributed by atoms with van der Waals surface area (Å²) < 4.78 is 6.36. The number of rotatable bonds is 2. The average Bonchev–Trinajstić information content (AvgIpc) is 3.11. The predicted molar refractivity (Wildman–Crippen MR) is 112 cm³/mol. The first-order valence-corrected chi connectivity index (χ1v) is 11.7. The van der Waals surface area contributed by atoms with Crippen LogP contribution in [0.3, 0.4) is 0 Å². The van der Waals surface area contributed by atoms with Crippen LogP contribution in [0.1, 0.15) is 83.6 Å². The molecule has 4 saturated carbocycles. The minimum atomic E-state index is 0.350. The number of hydrogen-bond acceptors (Lipinski definition) is 2. The second kappa shape index (κ2) is 6.79. The van der Waals surface area contributed by atoms with Crippen molar-refractivity contribution in [1.29, 1.82) is 5.26 Å².